The summed E-state index contributed by atoms with van der Waals surface area (Å²) < 4.78 is 26.9. The van der Waals surface area contributed by atoms with Gasteiger partial charge in [0.15, 0.2) is 0 Å². The normalized spacial score (nSPS) is 18.7. The molecule has 1 fully saturated rings. The molecule has 1 unspecified atom stereocenters. The Hall–Kier alpha value is -3.39. The number of anilines is 1. The molecular weight excluding hydrogens is 435 g/mol. The maximum Gasteiger partial charge on any atom is 0.414 e. The molecule has 2 heterocycles. The zero-order chi connectivity index (χ0) is 24.1. The number of rotatable bonds is 6. The summed E-state index contributed by atoms with van der Waals surface area (Å²) in [7, 11) is 1.29. The number of allylic oxidation sites excluding steroid dienone is 1. The van der Waals surface area contributed by atoms with Crippen LogP contribution in [0.3, 0.4) is 0 Å². The monoisotopic (exact) mass is 466 g/mol. The summed E-state index contributed by atoms with van der Waals surface area (Å²) in [4.78, 5) is 13.9. The average Bonchev–Trinajstić information content (AvgIpc) is 2.87. The number of carbonyl (C=O) groups is 1. The van der Waals surface area contributed by atoms with Crippen molar-refractivity contribution in [2.75, 3.05) is 25.1 Å². The molecule has 8 heteroatoms. The van der Waals surface area contributed by atoms with Crippen molar-refractivity contribution in [3.63, 3.8) is 0 Å². The number of nitrogens with one attached hydrogen (secondary N) is 3. The number of fused-ring (bicyclic) bond motifs is 1. The summed E-state index contributed by atoms with van der Waals surface area (Å²) in [6.45, 7) is 3.74. The van der Waals surface area contributed by atoms with E-state index >= 15 is 4.39 Å². The van der Waals surface area contributed by atoms with Crippen LogP contribution in [-0.4, -0.2) is 44.6 Å². The van der Waals surface area contributed by atoms with Gasteiger partial charge in [-0.25, -0.2) is 9.18 Å². The molecule has 4 rings (SSSR count). The molecule has 1 saturated heterocycles. The number of methoxy groups -OCH3 is 1. The Bertz CT molecular complexity index is 1070. The second-order valence-electron chi connectivity index (χ2n) is 8.64. The van der Waals surface area contributed by atoms with Crippen molar-refractivity contribution < 1.29 is 18.7 Å². The molecule has 7 nitrogen and oxygen atoms in total. The molecule has 0 aromatic heterocycles. The maximum atomic E-state index is 15.6. The molecular formula is C26H31FN4O3. The number of amides is 1. The minimum Gasteiger partial charge on any atom is -0.456 e. The Morgan fingerprint density at radius 1 is 1.24 bits per heavy atom. The average molecular weight is 467 g/mol. The predicted octanol–water partition coefficient (Wildman–Crippen LogP) is 4.86. The highest BCUT2D eigenvalue weighted by atomic mass is 19.1. The van der Waals surface area contributed by atoms with Crippen LogP contribution in [0.1, 0.15) is 37.3 Å². The van der Waals surface area contributed by atoms with E-state index in [0.717, 1.165) is 25.9 Å². The topological polar surface area (TPSA) is 86.7 Å². The van der Waals surface area contributed by atoms with E-state index in [2.05, 4.69) is 10.6 Å². The zero-order valence-electron chi connectivity index (χ0n) is 19.6. The number of hydrogen-bond donors (Lipinski definition) is 3. The van der Waals surface area contributed by atoms with Gasteiger partial charge in [0, 0.05) is 41.2 Å². The van der Waals surface area contributed by atoms with Gasteiger partial charge in [-0.1, -0.05) is 18.2 Å². The Balaban J connectivity index is 1.83. The maximum absolute atomic E-state index is 15.6. The lowest BCUT2D eigenvalue weighted by molar-refractivity contribution is 0.175. The third-order valence-corrected chi connectivity index (χ3v) is 6.41. The number of benzene rings is 2. The highest BCUT2D eigenvalue weighted by molar-refractivity contribution is 6.10. The lowest BCUT2D eigenvalue weighted by Crippen LogP contribution is -2.42. The SMILES string of the molecule is COC(=O)N1c2c(F)cc(/C(C=N)=C/NC3CCNCC3)c(Oc3ccccc3)c2CCC1C. The summed E-state index contributed by atoms with van der Waals surface area (Å²) in [5.74, 6) is 0.499. The largest absolute Gasteiger partial charge is 0.456 e. The van der Waals surface area contributed by atoms with Crippen LogP contribution in [-0.2, 0) is 11.2 Å². The molecule has 2 aromatic rings. The number of nitrogens with zero attached hydrogens (tertiary/aromatic N) is 1. The van der Waals surface area contributed by atoms with Crippen LogP contribution in [0.4, 0.5) is 14.9 Å². The first-order valence-corrected chi connectivity index (χ1v) is 11.7. The van der Waals surface area contributed by atoms with Gasteiger partial charge < -0.3 is 25.5 Å². The summed E-state index contributed by atoms with van der Waals surface area (Å²) in [6.07, 6.45) is 5.47. The minimum absolute atomic E-state index is 0.177. The van der Waals surface area contributed by atoms with Crippen molar-refractivity contribution in [3.8, 4) is 11.5 Å². The molecule has 3 N–H and O–H groups in total. The van der Waals surface area contributed by atoms with Gasteiger partial charge in [-0.05, 0) is 63.9 Å². The molecule has 0 aliphatic carbocycles. The number of para-hydroxylation sites is 1. The van der Waals surface area contributed by atoms with Crippen molar-refractivity contribution in [2.45, 2.75) is 44.7 Å². The third-order valence-electron chi connectivity index (χ3n) is 6.41. The van der Waals surface area contributed by atoms with Gasteiger partial charge in [0.05, 0.1) is 12.8 Å². The molecule has 1 amide bonds. The number of hydrogen-bond acceptors (Lipinski definition) is 6. The molecule has 34 heavy (non-hydrogen) atoms. The second-order valence-corrected chi connectivity index (χ2v) is 8.64. The highest BCUT2D eigenvalue weighted by Gasteiger charge is 2.35. The summed E-state index contributed by atoms with van der Waals surface area (Å²) in [5.41, 5.74) is 1.75. The van der Waals surface area contributed by atoms with Crippen LogP contribution in [0, 0.1) is 11.2 Å². The Morgan fingerprint density at radius 3 is 2.65 bits per heavy atom. The van der Waals surface area contributed by atoms with Gasteiger partial charge in [-0.15, -0.1) is 0 Å². The second kappa shape index (κ2) is 10.7. The molecule has 180 valence electrons. The van der Waals surface area contributed by atoms with Crippen molar-refractivity contribution in [1.29, 1.82) is 5.41 Å². The minimum atomic E-state index is -0.610. The van der Waals surface area contributed by atoms with Gasteiger partial charge in [-0.2, -0.15) is 0 Å². The summed E-state index contributed by atoms with van der Waals surface area (Å²) in [5, 5.41) is 14.8. The predicted molar refractivity (Wildman–Crippen MR) is 131 cm³/mol. The van der Waals surface area contributed by atoms with Crippen LogP contribution >= 0.6 is 0 Å². The van der Waals surface area contributed by atoms with Gasteiger partial charge in [0.25, 0.3) is 0 Å². The fourth-order valence-electron chi connectivity index (χ4n) is 4.57. The fraction of sp³-hybridized carbons (Fsp3) is 0.385. The standard InChI is InChI=1S/C26H31FN4O3/c1-17-8-9-21-24(31(17)26(32)33-2)23(27)14-22(25(21)34-20-6-4-3-5-7-20)18(15-28)16-30-19-10-12-29-13-11-19/h3-7,14-17,19,28-30H,8-13H2,1-2H3/b18-16+,28-15?. The highest BCUT2D eigenvalue weighted by Crippen LogP contribution is 2.44. The Labute approximate surface area is 199 Å². The number of ether oxygens (including phenoxy) is 2. The van der Waals surface area contributed by atoms with Crippen molar-refractivity contribution in [1.82, 2.24) is 10.6 Å². The van der Waals surface area contributed by atoms with E-state index < -0.39 is 11.9 Å². The molecule has 2 aliphatic rings. The molecule has 1 atom stereocenters. The quantitative estimate of drug-likeness (QED) is 0.530. The molecule has 0 bridgehead atoms. The first kappa shape index (κ1) is 23.8. The van der Waals surface area contributed by atoms with Crippen molar-refractivity contribution >= 4 is 23.6 Å². The van der Waals surface area contributed by atoms with Crippen molar-refractivity contribution in [2.24, 2.45) is 0 Å². The molecule has 0 spiro atoms. The van der Waals surface area contributed by atoms with E-state index in [9.17, 15) is 4.79 Å². The first-order chi connectivity index (χ1) is 16.5. The van der Waals surface area contributed by atoms with Crippen molar-refractivity contribution in [3.05, 3.63) is 59.5 Å². The summed E-state index contributed by atoms with van der Waals surface area (Å²) in [6, 6.07) is 10.7. The van der Waals surface area contributed by atoms with Gasteiger partial charge >= 0.3 is 6.09 Å². The zero-order valence-corrected chi connectivity index (χ0v) is 19.6. The molecule has 0 radical (unpaired) electrons. The van der Waals surface area contributed by atoms with Crippen LogP contribution in [0.2, 0.25) is 0 Å². The summed E-state index contributed by atoms with van der Waals surface area (Å²) >= 11 is 0. The van der Waals surface area contributed by atoms with Crippen LogP contribution in [0.5, 0.6) is 11.5 Å². The lowest BCUT2D eigenvalue weighted by atomic mass is 9.91. The van der Waals surface area contributed by atoms with Gasteiger partial charge in [0.2, 0.25) is 0 Å². The first-order valence-electron chi connectivity index (χ1n) is 11.7. The van der Waals surface area contributed by atoms with E-state index in [0.29, 0.717) is 41.0 Å². The number of halogens is 1. The number of piperidine rings is 1. The number of carbonyl (C=O) groups excluding carboxylic acids is 1. The van der Waals surface area contributed by atoms with E-state index in [1.165, 1.54) is 24.3 Å². The van der Waals surface area contributed by atoms with Crippen LogP contribution in [0.25, 0.3) is 5.57 Å². The van der Waals surface area contributed by atoms with Gasteiger partial charge in [0.1, 0.15) is 17.3 Å². The molecule has 0 saturated carbocycles. The van der Waals surface area contributed by atoms with Crippen LogP contribution in [0.15, 0.2) is 42.6 Å². The fourth-order valence-corrected chi connectivity index (χ4v) is 4.57. The lowest BCUT2D eigenvalue weighted by Gasteiger charge is -2.35. The molecule has 2 aliphatic heterocycles. The van der Waals surface area contributed by atoms with E-state index in [1.807, 2.05) is 37.3 Å². The third kappa shape index (κ3) is 4.92. The van der Waals surface area contributed by atoms with E-state index in [1.54, 1.807) is 6.20 Å². The van der Waals surface area contributed by atoms with Crippen LogP contribution < -0.4 is 20.3 Å². The van der Waals surface area contributed by atoms with Gasteiger partial charge in [-0.3, -0.25) is 4.90 Å². The smallest absolute Gasteiger partial charge is 0.414 e. The molecule has 2 aromatic carbocycles. The van der Waals surface area contributed by atoms with E-state index in [-0.39, 0.29) is 17.8 Å². The Morgan fingerprint density at radius 2 is 1.97 bits per heavy atom. The Kier molecular flexibility index (Phi) is 7.47. The van der Waals surface area contributed by atoms with E-state index in [4.69, 9.17) is 14.9 Å².